The number of piperidine rings is 1. The van der Waals surface area contributed by atoms with Crippen molar-refractivity contribution >= 4 is 57.6 Å². The Morgan fingerprint density at radius 1 is 0.957 bits per heavy atom. The minimum absolute atomic E-state index is 0.00113. The summed E-state index contributed by atoms with van der Waals surface area (Å²) in [4.78, 5) is 69.8. The van der Waals surface area contributed by atoms with Gasteiger partial charge in [-0.1, -0.05) is 57.2 Å². The van der Waals surface area contributed by atoms with Gasteiger partial charge in [-0.05, 0) is 81.7 Å². The molecule has 3 aliphatic rings. The third-order valence-electron chi connectivity index (χ3n) is 13.9. The number of thiazole rings is 1. The summed E-state index contributed by atoms with van der Waals surface area (Å²) in [5.74, 6) is -0.384. The lowest BCUT2D eigenvalue weighted by Crippen LogP contribution is -2.50. The number of aliphatic hydroxyl groups is 1. The predicted octanol–water partition coefficient (Wildman–Crippen LogP) is 7.98. The van der Waals surface area contributed by atoms with Crippen molar-refractivity contribution in [2.75, 3.05) is 38.3 Å². The topological polar surface area (TPSA) is 181 Å². The zero-order valence-electron chi connectivity index (χ0n) is 41.1. The number of ketones is 1. The molecule has 6 heterocycles. The number of aryl methyl sites for hydroxylation is 3. The molecule has 17 heteroatoms. The van der Waals surface area contributed by atoms with Crippen molar-refractivity contribution in [3.8, 4) is 15.4 Å². The number of nitrogens with zero attached hydrogens (tertiary/aromatic N) is 7. The number of rotatable bonds is 15. The molecule has 2 amide bonds. The number of amides is 2. The van der Waals surface area contributed by atoms with Crippen molar-refractivity contribution < 1.29 is 33.8 Å². The first-order chi connectivity index (χ1) is 32.9. The number of carbonyl (C=O) groups is 4. The highest BCUT2D eigenvalue weighted by Gasteiger charge is 2.45. The van der Waals surface area contributed by atoms with Crippen molar-refractivity contribution in [2.24, 2.45) is 16.3 Å². The molecule has 69 heavy (non-hydrogen) atoms. The van der Waals surface area contributed by atoms with Crippen LogP contribution in [0.2, 0.25) is 0 Å². The molecule has 0 radical (unpaired) electrons. The van der Waals surface area contributed by atoms with E-state index in [1.54, 1.807) is 22.7 Å². The first-order valence-corrected chi connectivity index (χ1v) is 25.6. The van der Waals surface area contributed by atoms with E-state index in [-0.39, 0.29) is 74.5 Å². The molecule has 2 fully saturated rings. The van der Waals surface area contributed by atoms with E-state index < -0.39 is 29.5 Å². The van der Waals surface area contributed by atoms with Crippen LogP contribution in [0.1, 0.15) is 123 Å². The van der Waals surface area contributed by atoms with Gasteiger partial charge in [-0.3, -0.25) is 28.7 Å². The van der Waals surface area contributed by atoms with Crippen LogP contribution in [0.25, 0.3) is 15.4 Å². The number of esters is 1. The maximum Gasteiger partial charge on any atom is 0.308 e. The van der Waals surface area contributed by atoms with Gasteiger partial charge in [0.25, 0.3) is 0 Å². The lowest BCUT2D eigenvalue weighted by atomic mass is 9.76. The second-order valence-corrected chi connectivity index (χ2v) is 21.8. The molecule has 3 aliphatic heterocycles. The van der Waals surface area contributed by atoms with Crippen LogP contribution in [-0.4, -0.2) is 111 Å². The molecular weight excluding hydrogens is 913 g/mol. The van der Waals surface area contributed by atoms with Gasteiger partial charge >= 0.3 is 5.97 Å². The van der Waals surface area contributed by atoms with Crippen LogP contribution in [0, 0.1) is 39.0 Å². The highest BCUT2D eigenvalue weighted by atomic mass is 32.1. The van der Waals surface area contributed by atoms with Crippen LogP contribution >= 0.6 is 22.7 Å². The number of anilines is 1. The van der Waals surface area contributed by atoms with Gasteiger partial charge in [-0.15, -0.1) is 32.9 Å². The summed E-state index contributed by atoms with van der Waals surface area (Å²) in [5, 5.41) is 23.6. The number of hydrogen-bond donors (Lipinski definition) is 2. The van der Waals surface area contributed by atoms with Gasteiger partial charge in [0.2, 0.25) is 11.8 Å². The van der Waals surface area contributed by atoms with E-state index in [2.05, 4.69) is 63.5 Å². The summed E-state index contributed by atoms with van der Waals surface area (Å²) < 4.78 is 13.3. The first kappa shape index (κ1) is 49.8. The SMILES string of the molecule is COC(=O)C[C@@H]1N=C(c2ccc(N3CCC(OCCC(=O)C[C@H](C(=O)N4C[C@H](O)C[C@H]4C(=O)N[C@@H](C)c4ccc(-c5scnc5C)cc4)C(C)(C)C)CC3)cc2)c2c(sc(C)c2C)-n2c(C)nnc21. The van der Waals surface area contributed by atoms with E-state index in [0.29, 0.717) is 5.82 Å². The highest BCUT2D eigenvalue weighted by Crippen LogP contribution is 2.40. The number of aliphatic hydroxyl groups excluding tert-OH is 1. The lowest BCUT2D eigenvalue weighted by Gasteiger charge is -2.35. The number of nitrogens with one attached hydrogen (secondary N) is 1. The standard InChI is InChI=1S/C52H64N8O7S2/c1-29-32(4)69-51-45(29)46(55-42(26-44(63)66-9)48-57-56-33(5)60(48)51)35-14-16-37(17-15-35)58-21-18-40(19-22-58)67-23-20-38(61)24-41(52(6,7)8)50(65)59-27-39(62)25-43(59)49(64)54-30(2)34-10-12-36(13-11-34)47-31(3)53-28-68-47/h10-17,28,30,39-43,62H,18-27H2,1-9H3,(H,54,64)/t30-,39+,41+,42-,43-/m0/s1. The van der Waals surface area contributed by atoms with E-state index in [1.165, 1.54) is 16.9 Å². The van der Waals surface area contributed by atoms with Crippen LogP contribution in [0.4, 0.5) is 5.69 Å². The van der Waals surface area contributed by atoms with Crippen molar-refractivity contribution in [1.29, 1.82) is 0 Å². The molecular formula is C52H64N8O7S2. The number of methoxy groups -OCH3 is 1. The summed E-state index contributed by atoms with van der Waals surface area (Å²) in [6.45, 7) is 17.7. The number of Topliss-reactive ketones (excluding diaryl/α,β-unsaturated/α-hetero) is 1. The van der Waals surface area contributed by atoms with Crippen molar-refractivity contribution in [3.05, 3.63) is 98.5 Å². The van der Waals surface area contributed by atoms with Gasteiger partial charge in [0, 0.05) is 66.5 Å². The van der Waals surface area contributed by atoms with Gasteiger partial charge in [0.15, 0.2) is 5.82 Å². The number of ether oxygens (including phenoxy) is 2. The second-order valence-electron chi connectivity index (χ2n) is 19.7. The highest BCUT2D eigenvalue weighted by molar-refractivity contribution is 7.15. The summed E-state index contributed by atoms with van der Waals surface area (Å²) in [6, 6.07) is 14.7. The van der Waals surface area contributed by atoms with Crippen molar-refractivity contribution in [1.82, 2.24) is 30.0 Å². The summed E-state index contributed by atoms with van der Waals surface area (Å²) in [7, 11) is 1.38. The average molecular weight is 977 g/mol. The predicted molar refractivity (Wildman–Crippen MR) is 268 cm³/mol. The van der Waals surface area contributed by atoms with Crippen molar-refractivity contribution in [3.63, 3.8) is 0 Å². The molecule has 2 aromatic carbocycles. The number of hydrogen-bond acceptors (Lipinski definition) is 14. The zero-order valence-corrected chi connectivity index (χ0v) is 42.7. The first-order valence-electron chi connectivity index (χ1n) is 23.9. The molecule has 0 bridgehead atoms. The number of β-amino-alcohol motifs (C(OH)–C–C–N with tert-alkyl or cyclic N) is 1. The molecule has 0 spiro atoms. The molecule has 5 atom stereocenters. The molecule has 3 aromatic heterocycles. The van der Waals surface area contributed by atoms with E-state index in [1.807, 2.05) is 75.9 Å². The Morgan fingerprint density at radius 2 is 1.65 bits per heavy atom. The fraction of sp³-hybridized carbons (Fsp3) is 0.500. The number of aliphatic imine (C=N–C) groups is 1. The molecule has 0 aliphatic carbocycles. The van der Waals surface area contributed by atoms with E-state index in [0.717, 1.165) is 86.5 Å². The second kappa shape index (κ2) is 20.8. The molecule has 366 valence electrons. The third kappa shape index (κ3) is 10.8. The number of carbonyl (C=O) groups excluding carboxylic acids is 4. The Balaban J connectivity index is 0.838. The minimum atomic E-state index is -0.846. The summed E-state index contributed by atoms with van der Waals surface area (Å²) >= 11 is 3.26. The molecule has 8 rings (SSSR count). The van der Waals surface area contributed by atoms with E-state index >= 15 is 0 Å². The van der Waals surface area contributed by atoms with Crippen LogP contribution in [0.3, 0.4) is 0 Å². The average Bonchev–Trinajstić information content (AvgIpc) is 4.10. The number of benzene rings is 2. The molecule has 5 aromatic rings. The Bertz CT molecular complexity index is 2710. The molecule has 15 nitrogen and oxygen atoms in total. The van der Waals surface area contributed by atoms with Crippen LogP contribution < -0.4 is 10.2 Å². The molecule has 0 saturated carbocycles. The monoisotopic (exact) mass is 976 g/mol. The van der Waals surface area contributed by atoms with Gasteiger partial charge in [0.1, 0.15) is 28.7 Å². The Kier molecular flexibility index (Phi) is 15.0. The third-order valence-corrected chi connectivity index (χ3v) is 16.1. The lowest BCUT2D eigenvalue weighted by molar-refractivity contribution is -0.146. The smallest absolute Gasteiger partial charge is 0.308 e. The quantitative estimate of drug-likeness (QED) is 0.0971. The summed E-state index contributed by atoms with van der Waals surface area (Å²) in [5.41, 5.74) is 9.20. The Hall–Kier alpha value is -5.62. The van der Waals surface area contributed by atoms with E-state index in [9.17, 15) is 24.3 Å². The Labute approximate surface area is 412 Å². The van der Waals surface area contributed by atoms with Crippen molar-refractivity contribution in [2.45, 2.75) is 124 Å². The molecule has 2 saturated heterocycles. The van der Waals surface area contributed by atoms with Gasteiger partial charge in [-0.2, -0.15) is 0 Å². The van der Waals surface area contributed by atoms with Crippen LogP contribution in [0.5, 0.6) is 0 Å². The normalized spacial score (nSPS) is 19.3. The van der Waals surface area contributed by atoms with E-state index in [4.69, 9.17) is 14.5 Å². The largest absolute Gasteiger partial charge is 0.469 e. The number of fused-ring (bicyclic) bond motifs is 3. The van der Waals surface area contributed by atoms with Gasteiger partial charge in [0.05, 0.1) is 60.2 Å². The van der Waals surface area contributed by atoms with Gasteiger partial charge in [-0.25, -0.2) is 4.98 Å². The molecule has 2 N–H and O–H groups in total. The molecule has 0 unspecified atom stereocenters. The number of thiophene rings is 1. The number of likely N-dealkylation sites (tertiary alicyclic amines) is 1. The maximum absolute atomic E-state index is 14.3. The van der Waals surface area contributed by atoms with Crippen LogP contribution in [-0.2, 0) is 28.7 Å². The van der Waals surface area contributed by atoms with Crippen LogP contribution in [0.15, 0.2) is 59.0 Å². The fourth-order valence-electron chi connectivity index (χ4n) is 9.71. The Morgan fingerprint density at radius 3 is 2.30 bits per heavy atom. The van der Waals surface area contributed by atoms with Gasteiger partial charge < -0.3 is 29.7 Å². The fourth-order valence-corrected chi connectivity index (χ4v) is 11.7. The zero-order chi connectivity index (χ0) is 49.3. The summed E-state index contributed by atoms with van der Waals surface area (Å²) in [6.07, 6.45) is 1.14. The number of aromatic nitrogens is 4. The minimum Gasteiger partial charge on any atom is -0.469 e. The maximum atomic E-state index is 14.3.